The Morgan fingerprint density at radius 3 is 2.11 bits per heavy atom. The summed E-state index contributed by atoms with van der Waals surface area (Å²) < 4.78 is 5.90. The number of ether oxygens (including phenoxy) is 1. The van der Waals surface area contributed by atoms with Crippen LogP contribution in [0.3, 0.4) is 0 Å². The average Bonchev–Trinajstić information content (AvgIpc) is 2.91. The first-order valence-corrected chi connectivity index (χ1v) is 13.2. The summed E-state index contributed by atoms with van der Waals surface area (Å²) in [7, 11) is 0. The summed E-state index contributed by atoms with van der Waals surface area (Å²) in [6, 6.07) is 25.1. The van der Waals surface area contributed by atoms with E-state index in [1.807, 2.05) is 99.6 Å². The topological polar surface area (TPSA) is 58.6 Å². The zero-order valence-electron chi connectivity index (χ0n) is 22.7. The first-order valence-electron chi connectivity index (χ1n) is 13.2. The second-order valence-corrected chi connectivity index (χ2v) is 10.0. The summed E-state index contributed by atoms with van der Waals surface area (Å²) in [6.07, 6.45) is 1.23. The second-order valence-electron chi connectivity index (χ2n) is 10.0. The minimum absolute atomic E-state index is 0.0119. The molecule has 5 heteroatoms. The van der Waals surface area contributed by atoms with Gasteiger partial charge in [0, 0.05) is 19.0 Å². The molecule has 1 N–H and O–H groups in total. The Kier molecular flexibility index (Phi) is 10.3. The Morgan fingerprint density at radius 2 is 1.51 bits per heavy atom. The molecule has 0 heterocycles. The minimum atomic E-state index is -0.669. The quantitative estimate of drug-likeness (QED) is 0.329. The van der Waals surface area contributed by atoms with Gasteiger partial charge in [0.05, 0.1) is 0 Å². The molecule has 0 fully saturated rings. The van der Waals surface area contributed by atoms with Crippen molar-refractivity contribution in [3.63, 3.8) is 0 Å². The molecule has 0 aromatic heterocycles. The van der Waals surface area contributed by atoms with Crippen molar-refractivity contribution in [3.8, 4) is 5.75 Å². The number of rotatable bonds is 12. The van der Waals surface area contributed by atoms with Gasteiger partial charge in [-0.2, -0.15) is 0 Å². The summed E-state index contributed by atoms with van der Waals surface area (Å²) in [5, 5.41) is 3.10. The molecule has 5 nitrogen and oxygen atoms in total. The molecule has 0 unspecified atom stereocenters. The van der Waals surface area contributed by atoms with E-state index in [0.717, 1.165) is 23.1 Å². The first kappa shape index (κ1) is 28.0. The van der Waals surface area contributed by atoms with E-state index in [1.54, 1.807) is 4.90 Å². The molecule has 3 aromatic rings. The third-order valence-corrected chi connectivity index (χ3v) is 6.65. The highest BCUT2D eigenvalue weighted by atomic mass is 16.5. The van der Waals surface area contributed by atoms with Crippen molar-refractivity contribution in [2.45, 2.75) is 72.0 Å². The summed E-state index contributed by atoms with van der Waals surface area (Å²) in [5.41, 5.74) is 4.32. The van der Waals surface area contributed by atoms with Crippen molar-refractivity contribution < 1.29 is 14.3 Å². The van der Waals surface area contributed by atoms with Gasteiger partial charge in [-0.05, 0) is 55.0 Å². The third kappa shape index (κ3) is 8.49. The third-order valence-electron chi connectivity index (χ3n) is 6.65. The van der Waals surface area contributed by atoms with Crippen LogP contribution in [-0.2, 0) is 22.6 Å². The van der Waals surface area contributed by atoms with E-state index in [2.05, 4.69) is 19.2 Å². The molecule has 2 amide bonds. The molecule has 0 saturated carbocycles. The van der Waals surface area contributed by atoms with Gasteiger partial charge in [-0.1, -0.05) is 93.1 Å². The van der Waals surface area contributed by atoms with E-state index in [1.165, 1.54) is 5.56 Å². The van der Waals surface area contributed by atoms with Crippen LogP contribution in [0.25, 0.3) is 0 Å². The lowest BCUT2D eigenvalue weighted by Crippen LogP contribution is -2.53. The van der Waals surface area contributed by atoms with E-state index in [4.69, 9.17) is 4.74 Å². The van der Waals surface area contributed by atoms with Crippen LogP contribution < -0.4 is 10.1 Å². The van der Waals surface area contributed by atoms with Crippen LogP contribution in [-0.4, -0.2) is 35.4 Å². The monoisotopic (exact) mass is 500 g/mol. The Morgan fingerprint density at radius 1 is 0.865 bits per heavy atom. The maximum atomic E-state index is 13.7. The molecule has 196 valence electrons. The standard InChI is InChI=1S/C32H40N2O3/c1-6-25(5)33-32(36)30(20-26-10-8-7-9-11-26)34(21-27-14-12-24(4)13-15-27)31(35)22-37-29-18-16-28(17-19-29)23(2)3/h7-19,23,25,30H,6,20-22H2,1-5H3,(H,33,36)/t25-,30+/m0/s1. The molecule has 0 saturated heterocycles. The van der Waals surface area contributed by atoms with Crippen molar-refractivity contribution in [3.05, 3.63) is 101 Å². The van der Waals surface area contributed by atoms with Crippen molar-refractivity contribution in [2.24, 2.45) is 0 Å². The number of hydrogen-bond donors (Lipinski definition) is 1. The lowest BCUT2D eigenvalue weighted by Gasteiger charge is -2.32. The second kappa shape index (κ2) is 13.6. The Hall–Kier alpha value is -3.60. The van der Waals surface area contributed by atoms with Gasteiger partial charge in [0.25, 0.3) is 5.91 Å². The molecule has 2 atom stereocenters. The fourth-order valence-corrected chi connectivity index (χ4v) is 4.06. The van der Waals surface area contributed by atoms with Crippen LogP contribution in [0.4, 0.5) is 0 Å². The molecule has 0 radical (unpaired) electrons. The molecule has 0 aliphatic carbocycles. The summed E-state index contributed by atoms with van der Waals surface area (Å²) in [5.74, 6) is 0.675. The van der Waals surface area contributed by atoms with E-state index in [-0.39, 0.29) is 24.5 Å². The highest BCUT2D eigenvalue weighted by molar-refractivity contribution is 5.88. The molecule has 0 aliphatic heterocycles. The molecule has 3 rings (SSSR count). The van der Waals surface area contributed by atoms with Crippen LogP contribution in [0.5, 0.6) is 5.75 Å². The van der Waals surface area contributed by atoms with E-state index in [9.17, 15) is 9.59 Å². The smallest absolute Gasteiger partial charge is 0.261 e. The molecule has 37 heavy (non-hydrogen) atoms. The van der Waals surface area contributed by atoms with Crippen molar-refractivity contribution in [1.82, 2.24) is 10.2 Å². The maximum absolute atomic E-state index is 13.7. The number of nitrogens with one attached hydrogen (secondary N) is 1. The largest absolute Gasteiger partial charge is 0.484 e. The highest BCUT2D eigenvalue weighted by Crippen LogP contribution is 2.20. The summed E-state index contributed by atoms with van der Waals surface area (Å²) >= 11 is 0. The number of benzene rings is 3. The van der Waals surface area contributed by atoms with Gasteiger partial charge < -0.3 is 15.0 Å². The van der Waals surface area contributed by atoms with Crippen LogP contribution in [0.15, 0.2) is 78.9 Å². The van der Waals surface area contributed by atoms with E-state index in [0.29, 0.717) is 24.6 Å². The van der Waals surface area contributed by atoms with Crippen LogP contribution in [0, 0.1) is 6.92 Å². The van der Waals surface area contributed by atoms with Gasteiger partial charge in [0.15, 0.2) is 6.61 Å². The number of aryl methyl sites for hydroxylation is 1. The Labute approximate surface area is 221 Å². The SMILES string of the molecule is CC[C@H](C)NC(=O)[C@@H](Cc1ccccc1)N(Cc1ccc(C)cc1)C(=O)COc1ccc(C(C)C)cc1. The first-order chi connectivity index (χ1) is 17.8. The molecular formula is C32H40N2O3. The zero-order chi connectivity index (χ0) is 26.8. The van der Waals surface area contributed by atoms with E-state index >= 15 is 0 Å². The van der Waals surface area contributed by atoms with Crippen LogP contribution in [0.2, 0.25) is 0 Å². The minimum Gasteiger partial charge on any atom is -0.484 e. The van der Waals surface area contributed by atoms with Crippen LogP contribution >= 0.6 is 0 Å². The predicted octanol–water partition coefficient (Wildman–Crippen LogP) is 6.05. The Bertz CT molecular complexity index is 1120. The fraction of sp³-hybridized carbons (Fsp3) is 0.375. The van der Waals surface area contributed by atoms with Crippen molar-refractivity contribution in [1.29, 1.82) is 0 Å². The number of hydrogen-bond acceptors (Lipinski definition) is 3. The normalized spacial score (nSPS) is 12.6. The Balaban J connectivity index is 1.88. The predicted molar refractivity (Wildman–Crippen MR) is 150 cm³/mol. The summed E-state index contributed by atoms with van der Waals surface area (Å²) in [4.78, 5) is 28.9. The molecule has 0 bridgehead atoms. The molecule has 0 spiro atoms. The van der Waals surface area contributed by atoms with Crippen LogP contribution in [0.1, 0.15) is 62.3 Å². The van der Waals surface area contributed by atoms with Crippen molar-refractivity contribution >= 4 is 11.8 Å². The zero-order valence-corrected chi connectivity index (χ0v) is 22.7. The van der Waals surface area contributed by atoms with Gasteiger partial charge >= 0.3 is 0 Å². The number of carbonyl (C=O) groups is 2. The highest BCUT2D eigenvalue weighted by Gasteiger charge is 2.31. The lowest BCUT2D eigenvalue weighted by molar-refractivity contribution is -0.143. The van der Waals surface area contributed by atoms with Gasteiger partial charge in [-0.25, -0.2) is 0 Å². The van der Waals surface area contributed by atoms with Gasteiger partial charge in [-0.15, -0.1) is 0 Å². The van der Waals surface area contributed by atoms with E-state index < -0.39 is 6.04 Å². The fourth-order valence-electron chi connectivity index (χ4n) is 4.06. The van der Waals surface area contributed by atoms with Gasteiger partial charge in [0.2, 0.25) is 5.91 Å². The molecular weight excluding hydrogens is 460 g/mol. The summed E-state index contributed by atoms with van der Waals surface area (Å²) in [6.45, 7) is 10.5. The number of carbonyl (C=O) groups excluding carboxylic acids is 2. The molecule has 3 aromatic carbocycles. The average molecular weight is 501 g/mol. The number of amides is 2. The molecule has 0 aliphatic rings. The van der Waals surface area contributed by atoms with Gasteiger partial charge in [-0.3, -0.25) is 9.59 Å². The maximum Gasteiger partial charge on any atom is 0.261 e. The van der Waals surface area contributed by atoms with Crippen molar-refractivity contribution in [2.75, 3.05) is 6.61 Å². The number of nitrogens with zero attached hydrogens (tertiary/aromatic N) is 1. The van der Waals surface area contributed by atoms with Gasteiger partial charge in [0.1, 0.15) is 11.8 Å². The lowest BCUT2D eigenvalue weighted by atomic mass is 10.0.